The third-order valence-electron chi connectivity index (χ3n) is 13.0. The van der Waals surface area contributed by atoms with Crippen molar-refractivity contribution < 1.29 is 37.5 Å². The van der Waals surface area contributed by atoms with Crippen LogP contribution in [-0.4, -0.2) is 84.7 Å². The second-order valence-corrected chi connectivity index (χ2v) is 20.3. The molecule has 1 saturated heterocycles. The molecule has 1 unspecified atom stereocenters. The van der Waals surface area contributed by atoms with Crippen LogP contribution in [0.25, 0.3) is 0 Å². The zero-order valence-electron chi connectivity index (χ0n) is 43.7. The number of hydrogen-bond donors (Lipinski definition) is 2. The summed E-state index contributed by atoms with van der Waals surface area (Å²) in [5, 5.41) is 12.5. The largest absolute Gasteiger partial charge is 0.497 e. The quantitative estimate of drug-likeness (QED) is 0.0263. The third-order valence-corrected chi connectivity index (χ3v) is 15.1. The van der Waals surface area contributed by atoms with Crippen LogP contribution in [0.15, 0.2) is 101 Å². The molecular weight excluding hydrogens is 934 g/mol. The molecule has 1 aliphatic heterocycles. The highest BCUT2D eigenvalue weighted by atomic mass is 31.2. The lowest BCUT2D eigenvalue weighted by molar-refractivity contribution is -0.0948. The average molecular weight is 1010 g/mol. The molecule has 0 spiro atoms. The van der Waals surface area contributed by atoms with Gasteiger partial charge in [0.2, 0.25) is 0 Å². The summed E-state index contributed by atoms with van der Waals surface area (Å²) in [6, 6.07) is 28.3. The monoisotopic (exact) mass is 1010 g/mol. The number of unbranched alkanes of at least 4 members (excludes halogenated alkanes) is 13. The number of ether oxygens (including phenoxy) is 5. The number of nitrogens with zero attached hydrogens (tertiary/aromatic N) is 3. The molecule has 0 bridgehead atoms. The van der Waals surface area contributed by atoms with E-state index in [1.54, 1.807) is 14.2 Å². The Bertz CT molecular complexity index is 2270. The number of nitriles is 1. The van der Waals surface area contributed by atoms with Gasteiger partial charge in [0.1, 0.15) is 29.3 Å². The highest BCUT2D eigenvalue weighted by molar-refractivity contribution is 7.44. The molecule has 2 N–H and O–H groups in total. The van der Waals surface area contributed by atoms with Gasteiger partial charge in [0.05, 0.1) is 39.9 Å². The minimum atomic E-state index is -1.95. The number of aromatic nitrogens is 2. The Balaban J connectivity index is 1.46. The molecule has 3 aromatic carbocycles. The van der Waals surface area contributed by atoms with Crippen molar-refractivity contribution in [2.45, 2.75) is 173 Å². The fourth-order valence-electron chi connectivity index (χ4n) is 9.30. The fourth-order valence-corrected chi connectivity index (χ4v) is 11.1. The van der Waals surface area contributed by atoms with Gasteiger partial charge >= 0.3 is 11.8 Å². The van der Waals surface area contributed by atoms with Gasteiger partial charge in [0.15, 0.2) is 12.3 Å². The van der Waals surface area contributed by atoms with E-state index in [0.29, 0.717) is 18.0 Å². The first kappa shape index (κ1) is 57.8. The summed E-state index contributed by atoms with van der Waals surface area (Å²) in [7, 11) is 1.27. The average Bonchev–Trinajstić information content (AvgIpc) is 3.70. The Morgan fingerprint density at radius 2 is 1.29 bits per heavy atom. The highest BCUT2D eigenvalue weighted by Crippen LogP contribution is 2.51. The van der Waals surface area contributed by atoms with Crippen molar-refractivity contribution in [3.63, 3.8) is 0 Å². The van der Waals surface area contributed by atoms with Crippen LogP contribution in [0.5, 0.6) is 11.5 Å². The molecule has 0 aliphatic carbocycles. The standard InChI is InChI=1S/C56H80N5O10P/c1-8-9-10-11-12-13-14-15-16-17-18-19-20-24-38-58-55(64)70-52-51(71-72(68-40-25-37-57)61(42(2)3)43(4)5)49(69-53(52)60-39-36-50(62)59-54(60)63)41-67-56(44-26-22-21-23-27-44,45-28-32-47(65-6)33-29-45)46-30-34-48(66-7)35-31-46/h21-23,26-36,39,42-43,49,51-53H,8-20,24-25,38,40-41H2,1-7H3,(H,58,64)(H,59,62,63)/t49-,51-,52-,53-,72?/m1/s1. The van der Waals surface area contributed by atoms with Crippen LogP contribution in [0.4, 0.5) is 4.79 Å². The highest BCUT2D eigenvalue weighted by Gasteiger charge is 2.53. The van der Waals surface area contributed by atoms with Gasteiger partial charge < -0.3 is 38.0 Å². The van der Waals surface area contributed by atoms with Crippen molar-refractivity contribution >= 4 is 14.6 Å². The second kappa shape index (κ2) is 30.8. The molecule has 2 heterocycles. The predicted molar refractivity (Wildman–Crippen MR) is 282 cm³/mol. The number of hydrogen-bond acceptors (Lipinski definition) is 12. The fraction of sp³-hybridized carbons (Fsp3) is 0.571. The summed E-state index contributed by atoms with van der Waals surface area (Å²) in [4.78, 5) is 42.4. The first-order valence-corrected chi connectivity index (χ1v) is 27.2. The van der Waals surface area contributed by atoms with E-state index >= 15 is 0 Å². The number of rotatable bonds is 33. The number of carbonyl (C=O) groups is 1. The first-order valence-electron chi connectivity index (χ1n) is 26.1. The summed E-state index contributed by atoms with van der Waals surface area (Å²) in [6.07, 6.45) is 13.1. The maximum Gasteiger partial charge on any atom is 0.407 e. The van der Waals surface area contributed by atoms with Gasteiger partial charge in [-0.1, -0.05) is 145 Å². The van der Waals surface area contributed by atoms with Crippen LogP contribution >= 0.6 is 8.53 Å². The Morgan fingerprint density at radius 1 is 0.764 bits per heavy atom. The predicted octanol–water partition coefficient (Wildman–Crippen LogP) is 11.7. The van der Waals surface area contributed by atoms with E-state index in [1.165, 1.54) is 81.0 Å². The lowest BCUT2D eigenvalue weighted by Gasteiger charge is -2.39. The summed E-state index contributed by atoms with van der Waals surface area (Å²) < 4.78 is 48.5. The first-order chi connectivity index (χ1) is 35.0. The second-order valence-electron chi connectivity index (χ2n) is 18.9. The molecule has 394 valence electrons. The lowest BCUT2D eigenvalue weighted by Crippen LogP contribution is -2.45. The van der Waals surface area contributed by atoms with E-state index in [0.717, 1.165) is 42.4 Å². The van der Waals surface area contributed by atoms with Crippen LogP contribution in [0, 0.1) is 11.3 Å². The molecule has 16 heteroatoms. The summed E-state index contributed by atoms with van der Waals surface area (Å²) in [5.74, 6) is 1.31. The molecule has 1 aromatic heterocycles. The number of amides is 1. The molecule has 72 heavy (non-hydrogen) atoms. The van der Waals surface area contributed by atoms with Gasteiger partial charge in [-0.25, -0.2) is 14.3 Å². The molecule has 4 aromatic rings. The lowest BCUT2D eigenvalue weighted by atomic mass is 9.80. The smallest absolute Gasteiger partial charge is 0.407 e. The molecular formula is C56H80N5O10P. The van der Waals surface area contributed by atoms with E-state index in [2.05, 4.69) is 28.0 Å². The molecule has 0 radical (unpaired) electrons. The summed E-state index contributed by atoms with van der Waals surface area (Å²) in [6.45, 7) is 10.6. The minimum Gasteiger partial charge on any atom is -0.497 e. The Hall–Kier alpha value is -5.07. The normalized spacial score (nSPS) is 17.3. The minimum absolute atomic E-state index is 0.0727. The maximum atomic E-state index is 14.0. The SMILES string of the molecule is CCCCCCCCCCCCCCCCNC(=O)O[C@@H]1[C@H](OP(OCCC#N)N(C(C)C)C(C)C)[C@@H](COC(c2ccccc2)(c2ccc(OC)cc2)c2ccc(OC)cc2)O[C@H]1n1ccc(=O)[nH]c1=O. The van der Waals surface area contributed by atoms with Crippen molar-refractivity contribution in [2.24, 2.45) is 0 Å². The zero-order valence-corrected chi connectivity index (χ0v) is 44.6. The van der Waals surface area contributed by atoms with E-state index in [9.17, 15) is 19.6 Å². The van der Waals surface area contributed by atoms with Crippen LogP contribution < -0.4 is 26.0 Å². The molecule has 15 nitrogen and oxygen atoms in total. The van der Waals surface area contributed by atoms with E-state index in [-0.39, 0.29) is 31.7 Å². The van der Waals surface area contributed by atoms with Crippen molar-refractivity contribution in [3.8, 4) is 17.6 Å². The molecule has 5 atom stereocenters. The van der Waals surface area contributed by atoms with Crippen LogP contribution in [0.3, 0.4) is 0 Å². The third kappa shape index (κ3) is 16.7. The Morgan fingerprint density at radius 3 is 1.79 bits per heavy atom. The summed E-state index contributed by atoms with van der Waals surface area (Å²) >= 11 is 0. The van der Waals surface area contributed by atoms with Crippen LogP contribution in [-0.2, 0) is 28.9 Å². The number of alkyl carbamates (subject to hydrolysis) is 1. The van der Waals surface area contributed by atoms with Gasteiger partial charge in [0.25, 0.3) is 14.1 Å². The molecule has 1 fully saturated rings. The van der Waals surface area contributed by atoms with Gasteiger partial charge in [-0.15, -0.1) is 0 Å². The van der Waals surface area contributed by atoms with Gasteiger partial charge in [0, 0.05) is 30.9 Å². The number of nitrogens with one attached hydrogen (secondary N) is 2. The molecule has 1 aliphatic rings. The number of aromatic amines is 1. The Labute approximate surface area is 428 Å². The van der Waals surface area contributed by atoms with Crippen molar-refractivity contribution in [3.05, 3.63) is 129 Å². The van der Waals surface area contributed by atoms with Gasteiger partial charge in [-0.3, -0.25) is 14.3 Å². The topological polar surface area (TPSA) is 176 Å². The Kier molecular flexibility index (Phi) is 24.8. The number of H-pyrrole nitrogens is 1. The van der Waals surface area contributed by atoms with E-state index in [1.807, 2.05) is 107 Å². The molecule has 0 saturated carbocycles. The number of carbonyl (C=O) groups excluding carboxylic acids is 1. The summed E-state index contributed by atoms with van der Waals surface area (Å²) in [5.41, 5.74) is -0.307. The zero-order chi connectivity index (χ0) is 51.7. The number of methoxy groups -OCH3 is 2. The molecule has 5 rings (SSSR count). The van der Waals surface area contributed by atoms with Gasteiger partial charge in [-0.2, -0.15) is 5.26 Å². The van der Waals surface area contributed by atoms with Crippen molar-refractivity contribution in [2.75, 3.05) is 34.0 Å². The van der Waals surface area contributed by atoms with Crippen molar-refractivity contribution in [1.82, 2.24) is 19.5 Å². The van der Waals surface area contributed by atoms with Crippen LogP contribution in [0.1, 0.15) is 154 Å². The van der Waals surface area contributed by atoms with Crippen molar-refractivity contribution in [1.29, 1.82) is 5.26 Å². The van der Waals surface area contributed by atoms with Crippen LogP contribution in [0.2, 0.25) is 0 Å². The maximum absolute atomic E-state index is 14.0. The van der Waals surface area contributed by atoms with E-state index < -0.39 is 56.0 Å². The number of benzene rings is 3. The van der Waals surface area contributed by atoms with Gasteiger partial charge in [-0.05, 0) is 75.1 Å². The molecule has 1 amide bonds. The van der Waals surface area contributed by atoms with E-state index in [4.69, 9.17) is 32.7 Å².